The second-order valence-corrected chi connectivity index (χ2v) is 6.91. The Morgan fingerprint density at radius 1 is 1.11 bits per heavy atom. The Bertz CT molecular complexity index is 1120. The molecule has 0 saturated heterocycles. The molecule has 4 N–H and O–H groups in total. The van der Waals surface area contributed by atoms with Crippen molar-refractivity contribution in [1.29, 1.82) is 0 Å². The molecule has 0 aliphatic carbocycles. The molecule has 0 aliphatic heterocycles. The van der Waals surface area contributed by atoms with Gasteiger partial charge in [-0.3, -0.25) is 4.79 Å². The molecule has 140 valence electrons. The van der Waals surface area contributed by atoms with Crippen LogP contribution in [0.25, 0.3) is 22.2 Å². The maximum Gasteiger partial charge on any atom is 0.241 e. The molecule has 0 bridgehead atoms. The fraction of sp³-hybridized carbons (Fsp3) is 0.130. The van der Waals surface area contributed by atoms with Crippen LogP contribution in [0.3, 0.4) is 0 Å². The highest BCUT2D eigenvalue weighted by molar-refractivity contribution is 5.97. The minimum atomic E-state index is -0.595. The van der Waals surface area contributed by atoms with E-state index < -0.39 is 6.04 Å². The summed E-state index contributed by atoms with van der Waals surface area (Å²) in [5.74, 6) is -0.187. The Kier molecular flexibility index (Phi) is 4.91. The van der Waals surface area contributed by atoms with Crippen LogP contribution in [0.4, 0.5) is 5.69 Å². The molecule has 4 rings (SSSR count). The molecular formula is C23H22N4O. The van der Waals surface area contributed by atoms with Gasteiger partial charge in [0.1, 0.15) is 5.65 Å². The second-order valence-electron chi connectivity index (χ2n) is 6.91. The number of fused-ring (bicyclic) bond motifs is 1. The van der Waals surface area contributed by atoms with Crippen LogP contribution >= 0.6 is 0 Å². The van der Waals surface area contributed by atoms with E-state index in [1.165, 1.54) is 0 Å². The lowest BCUT2D eigenvalue weighted by molar-refractivity contribution is -0.117. The monoisotopic (exact) mass is 370 g/mol. The number of nitrogens with zero attached hydrogens (tertiary/aromatic N) is 1. The molecule has 0 radical (unpaired) electrons. The van der Waals surface area contributed by atoms with Crippen molar-refractivity contribution in [2.75, 3.05) is 5.32 Å². The average Bonchev–Trinajstić information content (AvgIpc) is 3.18. The van der Waals surface area contributed by atoms with Crippen LogP contribution in [0.1, 0.15) is 11.1 Å². The van der Waals surface area contributed by atoms with Crippen molar-refractivity contribution in [3.05, 3.63) is 84.2 Å². The number of nitrogens with one attached hydrogen (secondary N) is 2. The Hall–Kier alpha value is -3.44. The minimum absolute atomic E-state index is 0.187. The highest BCUT2D eigenvalue weighted by atomic mass is 16.2. The number of aryl methyl sites for hydroxylation is 1. The van der Waals surface area contributed by atoms with Gasteiger partial charge >= 0.3 is 0 Å². The number of amides is 1. The molecule has 0 aliphatic rings. The quantitative estimate of drug-likeness (QED) is 0.496. The number of carbonyl (C=O) groups excluding carboxylic acids is 1. The molecule has 1 amide bonds. The highest BCUT2D eigenvalue weighted by Gasteiger charge is 2.15. The summed E-state index contributed by atoms with van der Waals surface area (Å²) in [6.45, 7) is 2.04. The van der Waals surface area contributed by atoms with Crippen molar-refractivity contribution in [3.63, 3.8) is 0 Å². The zero-order valence-corrected chi connectivity index (χ0v) is 15.6. The molecule has 2 aromatic carbocycles. The van der Waals surface area contributed by atoms with Crippen LogP contribution in [0.2, 0.25) is 0 Å². The van der Waals surface area contributed by atoms with Crippen molar-refractivity contribution in [2.45, 2.75) is 19.4 Å². The molecule has 0 saturated carbocycles. The van der Waals surface area contributed by atoms with Gasteiger partial charge in [-0.05, 0) is 59.9 Å². The van der Waals surface area contributed by atoms with Crippen molar-refractivity contribution < 1.29 is 4.79 Å². The normalized spacial score (nSPS) is 12.1. The first-order valence-corrected chi connectivity index (χ1v) is 9.25. The van der Waals surface area contributed by atoms with Crippen LogP contribution in [0.5, 0.6) is 0 Å². The van der Waals surface area contributed by atoms with Crippen molar-refractivity contribution in [2.24, 2.45) is 5.73 Å². The molecule has 5 nitrogen and oxygen atoms in total. The molecule has 5 heteroatoms. The van der Waals surface area contributed by atoms with Gasteiger partial charge in [-0.25, -0.2) is 4.98 Å². The van der Waals surface area contributed by atoms with Crippen LogP contribution in [-0.4, -0.2) is 21.9 Å². The van der Waals surface area contributed by atoms with Gasteiger partial charge in [0.2, 0.25) is 5.91 Å². The van der Waals surface area contributed by atoms with Gasteiger partial charge in [0, 0.05) is 23.5 Å². The van der Waals surface area contributed by atoms with E-state index in [-0.39, 0.29) is 5.91 Å². The van der Waals surface area contributed by atoms with Crippen molar-refractivity contribution in [1.82, 2.24) is 9.97 Å². The topological polar surface area (TPSA) is 83.8 Å². The van der Waals surface area contributed by atoms with E-state index in [1.54, 1.807) is 6.20 Å². The first-order chi connectivity index (χ1) is 13.6. The van der Waals surface area contributed by atoms with Gasteiger partial charge in [0.05, 0.1) is 6.04 Å². The van der Waals surface area contributed by atoms with Crippen molar-refractivity contribution >= 4 is 22.6 Å². The lowest BCUT2D eigenvalue weighted by atomic mass is 9.98. The number of anilines is 1. The van der Waals surface area contributed by atoms with Gasteiger partial charge in [0.15, 0.2) is 0 Å². The van der Waals surface area contributed by atoms with E-state index in [9.17, 15) is 4.79 Å². The Labute approximate surface area is 163 Å². The number of carbonyl (C=O) groups is 1. The number of benzene rings is 2. The summed E-state index contributed by atoms with van der Waals surface area (Å²) in [7, 11) is 0. The third-order valence-electron chi connectivity index (χ3n) is 4.88. The van der Waals surface area contributed by atoms with Crippen LogP contribution in [0.15, 0.2) is 73.1 Å². The molecule has 0 spiro atoms. The Morgan fingerprint density at radius 2 is 1.93 bits per heavy atom. The summed E-state index contributed by atoms with van der Waals surface area (Å²) in [4.78, 5) is 20.0. The Morgan fingerprint density at radius 3 is 2.71 bits per heavy atom. The largest absolute Gasteiger partial charge is 0.346 e. The second kappa shape index (κ2) is 7.66. The Balaban J connectivity index is 1.52. The van der Waals surface area contributed by atoms with E-state index in [1.807, 2.05) is 73.8 Å². The summed E-state index contributed by atoms with van der Waals surface area (Å²) in [5, 5.41) is 4.01. The fourth-order valence-electron chi connectivity index (χ4n) is 3.44. The number of nitrogens with two attached hydrogens (primary N) is 1. The maximum absolute atomic E-state index is 12.5. The molecule has 4 aromatic rings. The van der Waals surface area contributed by atoms with Crippen molar-refractivity contribution in [3.8, 4) is 11.1 Å². The summed E-state index contributed by atoms with van der Waals surface area (Å²) < 4.78 is 0. The summed E-state index contributed by atoms with van der Waals surface area (Å²) in [5.41, 5.74) is 12.0. The molecule has 28 heavy (non-hydrogen) atoms. The van der Waals surface area contributed by atoms with Crippen LogP contribution in [0, 0.1) is 6.92 Å². The number of H-pyrrole nitrogens is 1. The predicted molar refractivity (Wildman–Crippen MR) is 113 cm³/mol. The molecule has 0 unspecified atom stereocenters. The predicted octanol–water partition coefficient (Wildman–Crippen LogP) is 4.05. The number of aromatic nitrogens is 2. The van der Waals surface area contributed by atoms with E-state index in [4.69, 9.17) is 5.73 Å². The van der Waals surface area contributed by atoms with Crippen LogP contribution < -0.4 is 11.1 Å². The van der Waals surface area contributed by atoms with E-state index in [2.05, 4.69) is 15.3 Å². The standard InChI is InChI=1S/C23H22N4O/c1-15-13-17(27-23(28)21(24)14-16-5-3-2-4-6-16)7-8-18(15)19-9-11-25-22-20(19)10-12-26-22/h2-13,21H,14,24H2,1H3,(H,25,26)(H,27,28)/t21-/m1/s1. The first-order valence-electron chi connectivity index (χ1n) is 9.25. The third kappa shape index (κ3) is 3.66. The molecular weight excluding hydrogens is 348 g/mol. The summed E-state index contributed by atoms with van der Waals surface area (Å²) >= 11 is 0. The van der Waals surface area contributed by atoms with E-state index in [0.29, 0.717) is 6.42 Å². The van der Waals surface area contributed by atoms with Crippen LogP contribution in [-0.2, 0) is 11.2 Å². The third-order valence-corrected chi connectivity index (χ3v) is 4.88. The number of hydrogen-bond donors (Lipinski definition) is 3. The lowest BCUT2D eigenvalue weighted by Crippen LogP contribution is -2.37. The summed E-state index contributed by atoms with van der Waals surface area (Å²) in [6, 6.07) is 19.1. The maximum atomic E-state index is 12.5. The van der Waals surface area contributed by atoms with Gasteiger partial charge < -0.3 is 16.0 Å². The first kappa shape index (κ1) is 17.9. The zero-order valence-electron chi connectivity index (χ0n) is 15.6. The average molecular weight is 370 g/mol. The molecule has 2 heterocycles. The van der Waals surface area contributed by atoms with Gasteiger partial charge in [0.25, 0.3) is 0 Å². The van der Waals surface area contributed by atoms with Gasteiger partial charge in [-0.1, -0.05) is 36.4 Å². The number of aromatic amines is 1. The van der Waals surface area contributed by atoms with Gasteiger partial charge in [-0.2, -0.15) is 0 Å². The number of pyridine rings is 1. The zero-order chi connectivity index (χ0) is 19.5. The summed E-state index contributed by atoms with van der Waals surface area (Å²) in [6.07, 6.45) is 4.19. The minimum Gasteiger partial charge on any atom is -0.346 e. The van der Waals surface area contributed by atoms with E-state index >= 15 is 0 Å². The fourth-order valence-corrected chi connectivity index (χ4v) is 3.44. The molecule has 2 aromatic heterocycles. The highest BCUT2D eigenvalue weighted by Crippen LogP contribution is 2.31. The SMILES string of the molecule is Cc1cc(NC(=O)[C@H](N)Cc2ccccc2)ccc1-c1ccnc2[nH]ccc12. The smallest absolute Gasteiger partial charge is 0.241 e. The van der Waals surface area contributed by atoms with E-state index in [0.717, 1.165) is 39.0 Å². The molecule has 0 fully saturated rings. The lowest BCUT2D eigenvalue weighted by Gasteiger charge is -2.14. The number of rotatable bonds is 5. The van der Waals surface area contributed by atoms with Gasteiger partial charge in [-0.15, -0.1) is 0 Å². The molecule has 1 atom stereocenters. The number of hydrogen-bond acceptors (Lipinski definition) is 3.